The van der Waals surface area contributed by atoms with E-state index in [-0.39, 0.29) is 0 Å². The van der Waals surface area contributed by atoms with Gasteiger partial charge in [-0.1, -0.05) is 0 Å². The molecule has 6 heteroatoms. The van der Waals surface area contributed by atoms with Gasteiger partial charge in [0, 0.05) is 6.20 Å². The first-order valence-electron chi connectivity index (χ1n) is 3.81. The van der Waals surface area contributed by atoms with E-state index in [1.807, 2.05) is 6.92 Å². The van der Waals surface area contributed by atoms with Crippen LogP contribution in [0.4, 0.5) is 0 Å². The minimum absolute atomic E-state index is 0.610. The lowest BCUT2D eigenvalue weighted by atomic mass is 10.6. The molecule has 4 nitrogen and oxygen atoms in total. The van der Waals surface area contributed by atoms with Crippen LogP contribution in [0.15, 0.2) is 33.5 Å². The molecule has 0 saturated heterocycles. The van der Waals surface area contributed by atoms with Crippen LogP contribution in [0.2, 0.25) is 0 Å². The summed E-state index contributed by atoms with van der Waals surface area (Å²) in [5.41, 5.74) is 0.872. The Morgan fingerprint density at radius 3 is 3.00 bits per heavy atom. The summed E-state index contributed by atoms with van der Waals surface area (Å²) in [6, 6.07) is 0. The Labute approximate surface area is 98.7 Å². The van der Waals surface area contributed by atoms with Gasteiger partial charge in [-0.2, -0.15) is 0 Å². The molecule has 0 saturated carbocycles. The first-order chi connectivity index (χ1) is 6.75. The molecule has 0 atom stereocenters. The van der Waals surface area contributed by atoms with E-state index < -0.39 is 0 Å². The first-order valence-corrected chi connectivity index (χ1v) is 5.71. The molecule has 2 aromatic rings. The second-order valence-corrected chi connectivity index (χ2v) is 4.63. The standard InChI is InChI=1S/C8H6IN3OS/c1-5-3-13-8(12-5)14-7-6(9)2-10-4-11-7/h2-4H,1H3. The van der Waals surface area contributed by atoms with E-state index in [4.69, 9.17) is 4.42 Å². The number of aromatic nitrogens is 3. The van der Waals surface area contributed by atoms with Crippen LogP contribution < -0.4 is 0 Å². The molecule has 2 heterocycles. The number of hydrogen-bond donors (Lipinski definition) is 0. The van der Waals surface area contributed by atoms with E-state index in [0.29, 0.717) is 5.22 Å². The van der Waals surface area contributed by atoms with Crippen LogP contribution in [0.1, 0.15) is 5.69 Å². The van der Waals surface area contributed by atoms with Gasteiger partial charge in [-0.25, -0.2) is 15.0 Å². The number of hydrogen-bond acceptors (Lipinski definition) is 5. The van der Waals surface area contributed by atoms with Crippen molar-refractivity contribution < 1.29 is 4.42 Å². The Hall–Kier alpha value is -0.630. The summed E-state index contributed by atoms with van der Waals surface area (Å²) in [7, 11) is 0. The zero-order valence-corrected chi connectivity index (χ0v) is 10.2. The van der Waals surface area contributed by atoms with Gasteiger partial charge in [0.15, 0.2) is 0 Å². The van der Waals surface area contributed by atoms with Crippen LogP contribution in [-0.2, 0) is 0 Å². The van der Waals surface area contributed by atoms with Crippen LogP contribution in [0.3, 0.4) is 0 Å². The fourth-order valence-electron chi connectivity index (χ4n) is 0.838. The number of oxazole rings is 1. The fraction of sp³-hybridized carbons (Fsp3) is 0.125. The summed E-state index contributed by atoms with van der Waals surface area (Å²) in [5, 5.41) is 1.47. The average molecular weight is 319 g/mol. The molecule has 2 aromatic heterocycles. The van der Waals surface area contributed by atoms with Gasteiger partial charge in [0.2, 0.25) is 0 Å². The molecule has 0 aliphatic heterocycles. The summed E-state index contributed by atoms with van der Waals surface area (Å²) in [4.78, 5) is 12.2. The predicted molar refractivity (Wildman–Crippen MR) is 60.1 cm³/mol. The van der Waals surface area contributed by atoms with Crippen molar-refractivity contribution in [1.29, 1.82) is 0 Å². The van der Waals surface area contributed by atoms with E-state index in [2.05, 4.69) is 37.5 Å². The van der Waals surface area contributed by atoms with Crippen LogP contribution >= 0.6 is 34.4 Å². The molecule has 2 rings (SSSR count). The Balaban J connectivity index is 2.23. The largest absolute Gasteiger partial charge is 0.439 e. The Bertz CT molecular complexity index is 446. The Morgan fingerprint density at radius 1 is 1.50 bits per heavy atom. The minimum Gasteiger partial charge on any atom is -0.439 e. The molecule has 0 radical (unpaired) electrons. The maximum Gasteiger partial charge on any atom is 0.262 e. The van der Waals surface area contributed by atoms with E-state index in [9.17, 15) is 0 Å². The normalized spacial score (nSPS) is 10.4. The Kier molecular flexibility index (Phi) is 3.02. The maximum atomic E-state index is 5.21. The maximum absolute atomic E-state index is 5.21. The van der Waals surface area contributed by atoms with Crippen molar-refractivity contribution in [2.45, 2.75) is 17.2 Å². The smallest absolute Gasteiger partial charge is 0.262 e. The highest BCUT2D eigenvalue weighted by Gasteiger charge is 2.07. The highest BCUT2D eigenvalue weighted by molar-refractivity contribution is 14.1. The summed E-state index contributed by atoms with van der Waals surface area (Å²) in [5.74, 6) is 0. The third-order valence-electron chi connectivity index (χ3n) is 1.42. The molecule has 0 aliphatic carbocycles. The molecule has 0 amide bonds. The number of nitrogens with zero attached hydrogens (tertiary/aromatic N) is 3. The molecule has 72 valence electrons. The van der Waals surface area contributed by atoms with Crippen molar-refractivity contribution >= 4 is 34.4 Å². The summed E-state index contributed by atoms with van der Waals surface area (Å²) in [6.07, 6.45) is 4.89. The molecule has 0 unspecified atom stereocenters. The molecule has 0 fully saturated rings. The monoisotopic (exact) mass is 319 g/mol. The molecule has 0 N–H and O–H groups in total. The zero-order valence-electron chi connectivity index (χ0n) is 7.27. The van der Waals surface area contributed by atoms with Crippen molar-refractivity contribution in [2.75, 3.05) is 0 Å². The van der Waals surface area contributed by atoms with Gasteiger partial charge in [0.25, 0.3) is 5.22 Å². The topological polar surface area (TPSA) is 51.8 Å². The quantitative estimate of drug-likeness (QED) is 0.629. The number of rotatable bonds is 2. The second-order valence-electron chi connectivity index (χ2n) is 2.53. The summed E-state index contributed by atoms with van der Waals surface area (Å²) in [6.45, 7) is 1.89. The van der Waals surface area contributed by atoms with Crippen molar-refractivity contribution in [3.8, 4) is 0 Å². The summed E-state index contributed by atoms with van der Waals surface area (Å²) < 4.78 is 6.20. The van der Waals surface area contributed by atoms with Crippen LogP contribution in [0, 0.1) is 10.5 Å². The second kappa shape index (κ2) is 4.26. The SMILES string of the molecule is Cc1coc(Sc2ncncc2I)n1. The van der Waals surface area contributed by atoms with Gasteiger partial charge >= 0.3 is 0 Å². The molecular weight excluding hydrogens is 313 g/mol. The van der Waals surface area contributed by atoms with Gasteiger partial charge in [0.05, 0.1) is 9.26 Å². The molecule has 0 aliphatic rings. The zero-order chi connectivity index (χ0) is 9.97. The molecule has 0 aromatic carbocycles. The number of aryl methyl sites for hydroxylation is 1. The van der Waals surface area contributed by atoms with E-state index >= 15 is 0 Å². The lowest BCUT2D eigenvalue weighted by Gasteiger charge is -1.96. The van der Waals surface area contributed by atoms with E-state index in [1.165, 1.54) is 18.1 Å². The molecule has 0 bridgehead atoms. The fourth-order valence-corrected chi connectivity index (χ4v) is 2.17. The third kappa shape index (κ3) is 2.24. The van der Waals surface area contributed by atoms with Crippen molar-refractivity contribution in [3.63, 3.8) is 0 Å². The lowest BCUT2D eigenvalue weighted by Crippen LogP contribution is -1.86. The highest BCUT2D eigenvalue weighted by atomic mass is 127. The molecule has 0 spiro atoms. The van der Waals surface area contributed by atoms with Crippen molar-refractivity contribution in [3.05, 3.63) is 28.1 Å². The first kappa shape index (κ1) is 9.91. The van der Waals surface area contributed by atoms with Crippen LogP contribution in [0.25, 0.3) is 0 Å². The predicted octanol–water partition coefficient (Wildman–Crippen LogP) is 2.53. The van der Waals surface area contributed by atoms with Gasteiger partial charge in [-0.05, 0) is 41.3 Å². The van der Waals surface area contributed by atoms with Crippen LogP contribution in [-0.4, -0.2) is 15.0 Å². The van der Waals surface area contributed by atoms with E-state index in [1.54, 1.807) is 12.5 Å². The average Bonchev–Trinajstić information content (AvgIpc) is 2.56. The van der Waals surface area contributed by atoms with Gasteiger partial charge in [-0.3, -0.25) is 0 Å². The highest BCUT2D eigenvalue weighted by Crippen LogP contribution is 2.27. The number of halogens is 1. The lowest BCUT2D eigenvalue weighted by molar-refractivity contribution is 0.453. The summed E-state index contributed by atoms with van der Waals surface area (Å²) >= 11 is 3.58. The van der Waals surface area contributed by atoms with Crippen molar-refractivity contribution in [2.24, 2.45) is 0 Å². The molecular formula is C8H6IN3OS. The van der Waals surface area contributed by atoms with E-state index in [0.717, 1.165) is 14.3 Å². The third-order valence-corrected chi connectivity index (χ3v) is 3.45. The van der Waals surface area contributed by atoms with Gasteiger partial charge in [0.1, 0.15) is 17.6 Å². The Morgan fingerprint density at radius 2 is 2.36 bits per heavy atom. The minimum atomic E-state index is 0.610. The van der Waals surface area contributed by atoms with Gasteiger partial charge in [-0.15, -0.1) is 0 Å². The van der Waals surface area contributed by atoms with Crippen molar-refractivity contribution in [1.82, 2.24) is 15.0 Å². The van der Waals surface area contributed by atoms with Gasteiger partial charge < -0.3 is 4.42 Å². The van der Waals surface area contributed by atoms with Crippen LogP contribution in [0.5, 0.6) is 0 Å². The molecule has 14 heavy (non-hydrogen) atoms.